The third-order valence-electron chi connectivity index (χ3n) is 5.36. The minimum atomic E-state index is -2.64. The Kier molecular flexibility index (Phi) is 3.08. The van der Waals surface area contributed by atoms with Gasteiger partial charge in [-0.05, 0) is 19.1 Å². The second-order valence-electron chi connectivity index (χ2n) is 7.39. The number of carbonyl (C=O) groups excluding carboxylic acids is 3. The van der Waals surface area contributed by atoms with Gasteiger partial charge in [0.25, 0.3) is 0 Å². The molecule has 0 saturated heterocycles. The van der Waals surface area contributed by atoms with Gasteiger partial charge in [-0.2, -0.15) is 0 Å². The lowest BCUT2D eigenvalue weighted by Crippen LogP contribution is -2.69. The first-order valence-corrected chi connectivity index (χ1v) is 8.08. The summed E-state index contributed by atoms with van der Waals surface area (Å²) in [7, 11) is 0. The Morgan fingerprint density at radius 2 is 1.73 bits per heavy atom. The van der Waals surface area contributed by atoms with E-state index in [-0.39, 0.29) is 28.9 Å². The van der Waals surface area contributed by atoms with Crippen molar-refractivity contribution >= 4 is 17.3 Å². The zero-order valence-electron chi connectivity index (χ0n) is 13.8. The molecule has 1 aromatic rings. The number of phenolic OH excluding ortho intramolecular Hbond substituents is 1. The average molecular weight is 356 g/mol. The van der Waals surface area contributed by atoms with Crippen molar-refractivity contribution in [3.8, 4) is 5.75 Å². The van der Waals surface area contributed by atoms with Gasteiger partial charge in [0.05, 0.1) is 16.7 Å². The van der Waals surface area contributed by atoms with E-state index in [0.29, 0.717) is 0 Å². The van der Waals surface area contributed by atoms with Crippen LogP contribution in [0.25, 0.3) is 0 Å². The standard InChI is InChI=1S/C19H16O7/c1-17(24)7-12(21)19(26)14-10(5-6-18(19,25)8-17)15(22)13-9(16(14)23)3-2-4-11(13)20/h2-6,20,24-26H,7-8H2,1H3/t17-,18+,19+/m0/s1. The van der Waals surface area contributed by atoms with Crippen molar-refractivity contribution in [1.82, 2.24) is 0 Å². The molecule has 0 amide bonds. The molecule has 0 unspecified atom stereocenters. The molecule has 4 N–H and O–H groups in total. The van der Waals surface area contributed by atoms with Gasteiger partial charge < -0.3 is 20.4 Å². The van der Waals surface area contributed by atoms with E-state index in [1.807, 2.05) is 0 Å². The van der Waals surface area contributed by atoms with Gasteiger partial charge in [-0.25, -0.2) is 0 Å². The Bertz CT molecular complexity index is 968. The maximum atomic E-state index is 13.0. The minimum absolute atomic E-state index is 0.148. The number of ketones is 3. The predicted molar refractivity (Wildman–Crippen MR) is 87.7 cm³/mol. The van der Waals surface area contributed by atoms with Gasteiger partial charge in [-0.15, -0.1) is 0 Å². The maximum Gasteiger partial charge on any atom is 0.198 e. The highest BCUT2D eigenvalue weighted by atomic mass is 16.4. The number of carbonyl (C=O) groups is 3. The summed E-state index contributed by atoms with van der Waals surface area (Å²) in [4.78, 5) is 38.5. The van der Waals surface area contributed by atoms with Crippen LogP contribution >= 0.6 is 0 Å². The molecule has 1 aromatic carbocycles. The lowest BCUT2D eigenvalue weighted by atomic mass is 9.57. The molecule has 26 heavy (non-hydrogen) atoms. The molecule has 0 bridgehead atoms. The zero-order chi connectivity index (χ0) is 19.1. The van der Waals surface area contributed by atoms with Crippen molar-refractivity contribution in [1.29, 1.82) is 0 Å². The summed E-state index contributed by atoms with van der Waals surface area (Å²) in [5.74, 6) is -2.86. The number of aliphatic hydroxyl groups is 3. The molecule has 134 valence electrons. The summed E-state index contributed by atoms with van der Waals surface area (Å²) in [6.07, 6.45) is 1.36. The monoisotopic (exact) mass is 356 g/mol. The van der Waals surface area contributed by atoms with Crippen LogP contribution < -0.4 is 0 Å². The summed E-state index contributed by atoms with van der Waals surface area (Å²) in [6, 6.07) is 3.94. The number of hydrogen-bond acceptors (Lipinski definition) is 7. The van der Waals surface area contributed by atoms with Gasteiger partial charge in [0, 0.05) is 24.0 Å². The second-order valence-corrected chi connectivity index (χ2v) is 7.39. The van der Waals surface area contributed by atoms with E-state index in [9.17, 15) is 34.8 Å². The van der Waals surface area contributed by atoms with Crippen LogP contribution in [0.1, 0.15) is 40.5 Å². The van der Waals surface area contributed by atoms with Gasteiger partial charge in [0.1, 0.15) is 11.4 Å². The van der Waals surface area contributed by atoms with Crippen LogP contribution in [0.2, 0.25) is 0 Å². The van der Waals surface area contributed by atoms with Crippen LogP contribution in [0.5, 0.6) is 5.75 Å². The number of rotatable bonds is 0. The molecule has 0 aromatic heterocycles. The van der Waals surface area contributed by atoms with E-state index in [2.05, 4.69) is 0 Å². The molecule has 0 radical (unpaired) electrons. The smallest absolute Gasteiger partial charge is 0.198 e. The summed E-state index contributed by atoms with van der Waals surface area (Å²) >= 11 is 0. The number of benzene rings is 1. The number of phenols is 1. The van der Waals surface area contributed by atoms with Crippen molar-refractivity contribution in [2.45, 2.75) is 36.6 Å². The van der Waals surface area contributed by atoms with Crippen LogP contribution in [0.4, 0.5) is 0 Å². The number of allylic oxidation sites excluding steroid dienone is 2. The zero-order valence-corrected chi connectivity index (χ0v) is 13.8. The number of fused-ring (bicyclic) bond motifs is 3. The number of aromatic hydroxyl groups is 1. The molecule has 1 fully saturated rings. The van der Waals surface area contributed by atoms with Gasteiger partial charge in [-0.3, -0.25) is 14.4 Å². The van der Waals surface area contributed by atoms with Gasteiger partial charge in [-0.1, -0.05) is 18.2 Å². The SMILES string of the molecule is C[C@]1(O)CC(=O)[C@@]2(O)C3=C(C=C[C@@]2(O)C1)C(=O)c1c(O)cccc1C3=O. The van der Waals surface area contributed by atoms with Gasteiger partial charge in [0.2, 0.25) is 0 Å². The maximum absolute atomic E-state index is 13.0. The Labute approximate surface area is 147 Å². The first-order valence-electron chi connectivity index (χ1n) is 8.08. The van der Waals surface area contributed by atoms with E-state index < -0.39 is 46.1 Å². The van der Waals surface area contributed by atoms with Crippen LogP contribution in [0.3, 0.4) is 0 Å². The summed E-state index contributed by atoms with van der Waals surface area (Å²) in [5.41, 5.74) is -7.55. The molecule has 1 saturated carbocycles. The normalized spacial score (nSPS) is 35.9. The van der Waals surface area contributed by atoms with Crippen LogP contribution in [-0.4, -0.2) is 54.6 Å². The van der Waals surface area contributed by atoms with Crippen molar-refractivity contribution < 1.29 is 34.8 Å². The van der Waals surface area contributed by atoms with E-state index in [0.717, 1.165) is 12.2 Å². The Morgan fingerprint density at radius 1 is 1.04 bits per heavy atom. The fraction of sp³-hybridized carbons (Fsp3) is 0.316. The molecule has 7 nitrogen and oxygen atoms in total. The molecule has 0 aliphatic heterocycles. The highest BCUT2D eigenvalue weighted by Gasteiger charge is 2.66. The third-order valence-corrected chi connectivity index (χ3v) is 5.36. The molecular formula is C19H16O7. The lowest BCUT2D eigenvalue weighted by Gasteiger charge is -2.51. The molecule has 3 aliphatic rings. The Hall–Kier alpha value is -2.61. The van der Waals surface area contributed by atoms with Gasteiger partial charge in [0.15, 0.2) is 23.0 Å². The fourth-order valence-corrected chi connectivity index (χ4v) is 4.23. The molecule has 7 heteroatoms. The first kappa shape index (κ1) is 16.8. The van der Waals surface area contributed by atoms with Crippen molar-refractivity contribution in [3.63, 3.8) is 0 Å². The first-order chi connectivity index (χ1) is 12.0. The van der Waals surface area contributed by atoms with Crippen LogP contribution in [0, 0.1) is 0 Å². The second kappa shape index (κ2) is 4.76. The van der Waals surface area contributed by atoms with E-state index in [4.69, 9.17) is 0 Å². The largest absolute Gasteiger partial charge is 0.507 e. The summed E-state index contributed by atoms with van der Waals surface area (Å²) < 4.78 is 0. The summed E-state index contributed by atoms with van der Waals surface area (Å²) in [5, 5.41) is 42.3. The topological polar surface area (TPSA) is 132 Å². The van der Waals surface area contributed by atoms with E-state index in [1.54, 1.807) is 0 Å². The molecule has 4 rings (SSSR count). The quantitative estimate of drug-likeness (QED) is 0.522. The molecule has 0 heterocycles. The highest BCUT2D eigenvalue weighted by Crippen LogP contribution is 2.50. The Morgan fingerprint density at radius 3 is 2.42 bits per heavy atom. The highest BCUT2D eigenvalue weighted by molar-refractivity contribution is 6.31. The van der Waals surface area contributed by atoms with Crippen molar-refractivity contribution in [2.75, 3.05) is 0 Å². The molecule has 3 aliphatic carbocycles. The van der Waals surface area contributed by atoms with Crippen LogP contribution in [-0.2, 0) is 4.79 Å². The molecular weight excluding hydrogens is 340 g/mol. The van der Waals surface area contributed by atoms with Crippen molar-refractivity contribution in [3.05, 3.63) is 52.6 Å². The predicted octanol–water partition coefficient (Wildman–Crippen LogP) is 0.214. The fourth-order valence-electron chi connectivity index (χ4n) is 4.23. The molecule has 3 atom stereocenters. The molecule has 0 spiro atoms. The minimum Gasteiger partial charge on any atom is -0.507 e. The Balaban J connectivity index is 1.99. The number of Topliss-reactive ketones (excluding diaryl/α,β-unsaturated/α-hetero) is 3. The van der Waals surface area contributed by atoms with Gasteiger partial charge >= 0.3 is 0 Å². The average Bonchev–Trinajstić information content (AvgIpc) is 2.53. The number of hydrogen-bond donors (Lipinski definition) is 4. The lowest BCUT2D eigenvalue weighted by molar-refractivity contribution is -0.183. The summed E-state index contributed by atoms with van der Waals surface area (Å²) in [6.45, 7) is 1.35. The van der Waals surface area contributed by atoms with Crippen molar-refractivity contribution in [2.24, 2.45) is 0 Å². The van der Waals surface area contributed by atoms with E-state index >= 15 is 0 Å². The third kappa shape index (κ3) is 1.85. The van der Waals surface area contributed by atoms with E-state index in [1.165, 1.54) is 25.1 Å². The van der Waals surface area contributed by atoms with Crippen LogP contribution in [0.15, 0.2) is 41.5 Å².